The minimum absolute atomic E-state index is 0.474. The second kappa shape index (κ2) is 6.15. The molecule has 0 spiro atoms. The van der Waals surface area contributed by atoms with E-state index in [2.05, 4.69) is 0 Å². The smallest absolute Gasteiger partial charge is 0.309 e. The lowest BCUT2D eigenvalue weighted by Crippen LogP contribution is -2.33. The Labute approximate surface area is 123 Å². The lowest BCUT2D eigenvalue weighted by molar-refractivity contribution is -0.149. The van der Waals surface area contributed by atoms with Gasteiger partial charge >= 0.3 is 5.97 Å². The van der Waals surface area contributed by atoms with Gasteiger partial charge in [-0.1, -0.05) is 61.0 Å². The lowest BCUT2D eigenvalue weighted by Gasteiger charge is -2.28. The summed E-state index contributed by atoms with van der Waals surface area (Å²) in [6, 6.07) is 5.44. The molecule has 1 saturated carbocycles. The summed E-state index contributed by atoms with van der Waals surface area (Å²) in [5.41, 5.74) is 0.170. The summed E-state index contributed by atoms with van der Waals surface area (Å²) in [7, 11) is 0. The van der Waals surface area contributed by atoms with Gasteiger partial charge in [0.2, 0.25) is 0 Å². The maximum atomic E-state index is 11.8. The molecule has 1 aliphatic rings. The Kier molecular flexibility index (Phi) is 4.75. The molecule has 0 aromatic heterocycles. The third kappa shape index (κ3) is 3.24. The molecule has 1 aliphatic carbocycles. The molecule has 2 rings (SSSR count). The van der Waals surface area contributed by atoms with Crippen molar-refractivity contribution in [1.29, 1.82) is 0 Å². The van der Waals surface area contributed by atoms with Gasteiger partial charge in [0, 0.05) is 0 Å². The summed E-state index contributed by atoms with van der Waals surface area (Å²) in [6.07, 6.45) is 6.13. The lowest BCUT2D eigenvalue weighted by atomic mass is 9.75. The van der Waals surface area contributed by atoms with E-state index in [0.717, 1.165) is 44.1 Å². The highest BCUT2D eigenvalue weighted by Gasteiger charge is 2.39. The largest absolute Gasteiger partial charge is 0.481 e. The van der Waals surface area contributed by atoms with Gasteiger partial charge in [-0.15, -0.1) is 0 Å². The molecule has 0 aliphatic heterocycles. The van der Waals surface area contributed by atoms with Crippen molar-refractivity contribution in [3.63, 3.8) is 0 Å². The van der Waals surface area contributed by atoms with Crippen LogP contribution in [0, 0.1) is 5.41 Å². The van der Waals surface area contributed by atoms with Crippen LogP contribution in [0.15, 0.2) is 18.2 Å². The van der Waals surface area contributed by atoms with Gasteiger partial charge in [-0.25, -0.2) is 0 Å². The third-order valence-corrected chi connectivity index (χ3v) is 4.93. The van der Waals surface area contributed by atoms with E-state index in [1.807, 2.05) is 12.1 Å². The Morgan fingerprint density at radius 1 is 1.16 bits per heavy atom. The molecule has 1 fully saturated rings. The molecule has 0 saturated heterocycles. The number of hydrogen-bond donors (Lipinski definition) is 1. The Morgan fingerprint density at radius 3 is 2.37 bits per heavy atom. The highest BCUT2D eigenvalue weighted by molar-refractivity contribution is 6.42. The standard InChI is InChI=1S/C15H18Cl2O2/c16-12-7-5-6-11(13(12)17)10-15(14(18)19)8-3-1-2-4-9-15/h5-7H,1-4,8-10H2,(H,18,19). The van der Waals surface area contributed by atoms with Gasteiger partial charge in [0.25, 0.3) is 0 Å². The molecular weight excluding hydrogens is 283 g/mol. The van der Waals surface area contributed by atoms with E-state index >= 15 is 0 Å². The molecule has 1 N–H and O–H groups in total. The number of rotatable bonds is 3. The molecule has 0 bridgehead atoms. The zero-order valence-corrected chi connectivity index (χ0v) is 12.3. The molecule has 0 atom stereocenters. The predicted molar refractivity (Wildman–Crippen MR) is 77.9 cm³/mol. The van der Waals surface area contributed by atoms with Crippen molar-refractivity contribution in [2.45, 2.75) is 44.9 Å². The molecule has 0 unspecified atom stereocenters. The number of aliphatic carboxylic acids is 1. The van der Waals surface area contributed by atoms with E-state index in [1.54, 1.807) is 6.07 Å². The van der Waals surface area contributed by atoms with Crippen LogP contribution in [0.1, 0.15) is 44.1 Å². The first-order valence-corrected chi connectivity index (χ1v) is 7.47. The molecule has 0 heterocycles. The Balaban J connectivity index is 2.30. The summed E-state index contributed by atoms with van der Waals surface area (Å²) in [5.74, 6) is -0.703. The van der Waals surface area contributed by atoms with Crippen LogP contribution in [0.3, 0.4) is 0 Å². The molecular formula is C15H18Cl2O2. The second-order valence-corrected chi connectivity index (χ2v) is 6.17. The first kappa shape index (κ1) is 14.7. The minimum Gasteiger partial charge on any atom is -0.481 e. The van der Waals surface area contributed by atoms with Crippen LogP contribution in [-0.4, -0.2) is 11.1 Å². The fourth-order valence-corrected chi connectivity index (χ4v) is 3.31. The maximum absolute atomic E-state index is 11.8. The highest BCUT2D eigenvalue weighted by atomic mass is 35.5. The van der Waals surface area contributed by atoms with Crippen molar-refractivity contribution in [2.75, 3.05) is 0 Å². The third-order valence-electron chi connectivity index (χ3n) is 4.07. The van der Waals surface area contributed by atoms with Gasteiger partial charge in [0.15, 0.2) is 0 Å². The van der Waals surface area contributed by atoms with E-state index in [1.165, 1.54) is 0 Å². The topological polar surface area (TPSA) is 37.3 Å². The molecule has 2 nitrogen and oxygen atoms in total. The fourth-order valence-electron chi connectivity index (χ4n) is 2.92. The summed E-state index contributed by atoms with van der Waals surface area (Å²) in [4.78, 5) is 11.8. The number of hydrogen-bond acceptors (Lipinski definition) is 1. The maximum Gasteiger partial charge on any atom is 0.309 e. The van der Waals surface area contributed by atoms with Gasteiger partial charge in [0.1, 0.15) is 0 Å². The van der Waals surface area contributed by atoms with Crippen molar-refractivity contribution in [3.05, 3.63) is 33.8 Å². The van der Waals surface area contributed by atoms with Gasteiger partial charge in [0.05, 0.1) is 15.5 Å². The van der Waals surface area contributed by atoms with Crippen LogP contribution in [-0.2, 0) is 11.2 Å². The molecule has 104 valence electrons. The highest BCUT2D eigenvalue weighted by Crippen LogP contribution is 2.40. The van der Waals surface area contributed by atoms with Crippen molar-refractivity contribution in [3.8, 4) is 0 Å². The second-order valence-electron chi connectivity index (χ2n) is 5.39. The van der Waals surface area contributed by atoms with Crippen LogP contribution in [0.5, 0.6) is 0 Å². The van der Waals surface area contributed by atoms with E-state index < -0.39 is 11.4 Å². The zero-order valence-electron chi connectivity index (χ0n) is 10.8. The van der Waals surface area contributed by atoms with Crippen LogP contribution in [0.2, 0.25) is 10.0 Å². The van der Waals surface area contributed by atoms with Crippen LogP contribution >= 0.6 is 23.2 Å². The summed E-state index contributed by atoms with van der Waals surface area (Å²) in [6.45, 7) is 0. The summed E-state index contributed by atoms with van der Waals surface area (Å²) in [5, 5.41) is 10.6. The van der Waals surface area contributed by atoms with E-state index in [0.29, 0.717) is 16.5 Å². The monoisotopic (exact) mass is 300 g/mol. The van der Waals surface area contributed by atoms with Gasteiger partial charge in [-0.2, -0.15) is 0 Å². The number of benzene rings is 1. The molecule has 0 amide bonds. The average molecular weight is 301 g/mol. The number of carboxylic acid groups (broad SMARTS) is 1. The van der Waals surface area contributed by atoms with Crippen molar-refractivity contribution < 1.29 is 9.90 Å². The fraction of sp³-hybridized carbons (Fsp3) is 0.533. The summed E-state index contributed by atoms with van der Waals surface area (Å²) < 4.78 is 0. The van der Waals surface area contributed by atoms with E-state index in [4.69, 9.17) is 23.2 Å². The molecule has 1 aromatic rings. The normalized spacial score (nSPS) is 18.8. The van der Waals surface area contributed by atoms with E-state index in [9.17, 15) is 9.90 Å². The molecule has 1 aromatic carbocycles. The van der Waals surface area contributed by atoms with Crippen LogP contribution < -0.4 is 0 Å². The van der Waals surface area contributed by atoms with Crippen LogP contribution in [0.25, 0.3) is 0 Å². The van der Waals surface area contributed by atoms with Crippen molar-refractivity contribution in [1.82, 2.24) is 0 Å². The van der Waals surface area contributed by atoms with Crippen molar-refractivity contribution >= 4 is 29.2 Å². The van der Waals surface area contributed by atoms with Gasteiger partial charge in [-0.05, 0) is 30.9 Å². The SMILES string of the molecule is O=C(O)C1(Cc2cccc(Cl)c2Cl)CCCCCC1. The average Bonchev–Trinajstić information content (AvgIpc) is 2.62. The quantitative estimate of drug-likeness (QED) is 0.801. The van der Waals surface area contributed by atoms with Gasteiger partial charge < -0.3 is 5.11 Å². The predicted octanol–water partition coefficient (Wildman–Crippen LogP) is 4.96. The molecule has 0 radical (unpaired) electrons. The molecule has 19 heavy (non-hydrogen) atoms. The number of halogens is 2. The Bertz CT molecular complexity index is 463. The first-order chi connectivity index (χ1) is 9.05. The van der Waals surface area contributed by atoms with E-state index in [-0.39, 0.29) is 0 Å². The minimum atomic E-state index is -0.703. The Hall–Kier alpha value is -0.730. The van der Waals surface area contributed by atoms with Crippen LogP contribution in [0.4, 0.5) is 0 Å². The Morgan fingerprint density at radius 2 is 1.79 bits per heavy atom. The summed E-state index contributed by atoms with van der Waals surface area (Å²) >= 11 is 12.2. The zero-order chi connectivity index (χ0) is 13.9. The first-order valence-electron chi connectivity index (χ1n) is 6.71. The van der Waals surface area contributed by atoms with Gasteiger partial charge in [-0.3, -0.25) is 4.79 Å². The number of carbonyl (C=O) groups is 1. The number of carboxylic acids is 1. The van der Waals surface area contributed by atoms with Crippen molar-refractivity contribution in [2.24, 2.45) is 5.41 Å². The molecule has 4 heteroatoms.